The van der Waals surface area contributed by atoms with Crippen LogP contribution in [0.4, 0.5) is 17.8 Å². The Hall–Kier alpha value is -2.58. The Morgan fingerprint density at radius 2 is 1.27 bits per heavy atom. The van der Waals surface area contributed by atoms with Crippen molar-refractivity contribution in [3.63, 3.8) is 0 Å². The van der Waals surface area contributed by atoms with Gasteiger partial charge in [0.15, 0.2) is 0 Å². The molecule has 2 saturated heterocycles. The molecule has 12 nitrogen and oxygen atoms in total. The van der Waals surface area contributed by atoms with Gasteiger partial charge in [-0.2, -0.15) is 15.0 Å². The first-order valence-electron chi connectivity index (χ1n) is 10.9. The molecule has 13 heteroatoms. The van der Waals surface area contributed by atoms with Gasteiger partial charge in [0.1, 0.15) is 0 Å². The van der Waals surface area contributed by atoms with E-state index < -0.39 is 0 Å². The summed E-state index contributed by atoms with van der Waals surface area (Å²) in [5, 5.41) is 0. The topological polar surface area (TPSA) is 190 Å². The minimum absolute atomic E-state index is 0.0840. The van der Waals surface area contributed by atoms with Crippen molar-refractivity contribution in [1.29, 1.82) is 0 Å². The second-order valence-corrected chi connectivity index (χ2v) is 9.58. The SMILES string of the molecule is N[C@@H]1C[C@H](N)CN(c2nc(NNC(=O)c3ccc(Br)cc3)nc(N3C[C@H](N)C[C@H](N)C3)n2)C1. The van der Waals surface area contributed by atoms with E-state index in [9.17, 15) is 4.79 Å². The molecule has 3 heterocycles. The average Bonchev–Trinajstić information content (AvgIpc) is 2.76. The molecule has 1 aromatic carbocycles. The van der Waals surface area contributed by atoms with Crippen molar-refractivity contribution in [2.24, 2.45) is 22.9 Å². The van der Waals surface area contributed by atoms with Gasteiger partial charge in [0.25, 0.3) is 5.91 Å². The lowest BCUT2D eigenvalue weighted by molar-refractivity contribution is 0.0962. The van der Waals surface area contributed by atoms with Gasteiger partial charge in [-0.1, -0.05) is 15.9 Å². The van der Waals surface area contributed by atoms with Crippen LogP contribution in [0.3, 0.4) is 0 Å². The van der Waals surface area contributed by atoms with Crippen molar-refractivity contribution >= 4 is 39.7 Å². The lowest BCUT2D eigenvalue weighted by atomic mass is 10.0. The maximum Gasteiger partial charge on any atom is 0.269 e. The first-order chi connectivity index (χ1) is 15.8. The molecule has 178 valence electrons. The molecule has 2 fully saturated rings. The molecule has 2 aromatic rings. The average molecular weight is 520 g/mol. The number of hydrogen-bond donors (Lipinski definition) is 6. The molecule has 1 aromatic heterocycles. The van der Waals surface area contributed by atoms with Crippen LogP contribution in [-0.2, 0) is 0 Å². The highest BCUT2D eigenvalue weighted by Gasteiger charge is 2.28. The first-order valence-corrected chi connectivity index (χ1v) is 11.7. The second kappa shape index (κ2) is 10.1. The number of rotatable bonds is 5. The van der Waals surface area contributed by atoms with Crippen LogP contribution in [0.5, 0.6) is 0 Å². The Bertz CT molecular complexity index is 911. The van der Waals surface area contributed by atoms with Crippen molar-refractivity contribution in [3.8, 4) is 0 Å². The van der Waals surface area contributed by atoms with Crippen molar-refractivity contribution < 1.29 is 4.79 Å². The summed E-state index contributed by atoms with van der Waals surface area (Å²) in [7, 11) is 0. The number of piperidine rings is 2. The van der Waals surface area contributed by atoms with E-state index >= 15 is 0 Å². The summed E-state index contributed by atoms with van der Waals surface area (Å²) in [4.78, 5) is 30.1. The van der Waals surface area contributed by atoms with Gasteiger partial charge in [0.05, 0.1) is 0 Å². The summed E-state index contributed by atoms with van der Waals surface area (Å²) < 4.78 is 0.884. The molecule has 4 rings (SSSR count). The first kappa shape index (κ1) is 23.6. The third kappa shape index (κ3) is 6.06. The maximum atomic E-state index is 12.5. The molecule has 2 aliphatic rings. The van der Waals surface area contributed by atoms with Crippen LogP contribution < -0.4 is 43.6 Å². The number of nitrogens with one attached hydrogen (secondary N) is 2. The van der Waals surface area contributed by atoms with Crippen molar-refractivity contribution in [3.05, 3.63) is 34.3 Å². The molecule has 0 aliphatic carbocycles. The predicted octanol–water partition coefficient (Wildman–Crippen LogP) is -0.880. The lowest BCUT2D eigenvalue weighted by Crippen LogP contribution is -2.54. The Morgan fingerprint density at radius 1 is 0.818 bits per heavy atom. The van der Waals surface area contributed by atoms with Gasteiger partial charge in [-0.05, 0) is 37.1 Å². The van der Waals surface area contributed by atoms with E-state index in [1.165, 1.54) is 0 Å². The second-order valence-electron chi connectivity index (χ2n) is 8.67. The Labute approximate surface area is 200 Å². The van der Waals surface area contributed by atoms with Crippen molar-refractivity contribution in [1.82, 2.24) is 20.4 Å². The highest BCUT2D eigenvalue weighted by molar-refractivity contribution is 9.10. The van der Waals surface area contributed by atoms with Gasteiger partial charge >= 0.3 is 0 Å². The maximum absolute atomic E-state index is 12.5. The molecule has 4 atom stereocenters. The van der Waals surface area contributed by atoms with E-state index in [0.29, 0.717) is 43.6 Å². The van der Waals surface area contributed by atoms with Crippen LogP contribution in [-0.4, -0.2) is 71.2 Å². The number of halogens is 1. The normalized spacial score (nSPS) is 25.6. The predicted molar refractivity (Wildman–Crippen MR) is 131 cm³/mol. The highest BCUT2D eigenvalue weighted by Crippen LogP contribution is 2.22. The molecule has 2 aliphatic heterocycles. The van der Waals surface area contributed by atoms with E-state index in [1.54, 1.807) is 24.3 Å². The van der Waals surface area contributed by atoms with Gasteiger partial charge < -0.3 is 32.7 Å². The minimum Gasteiger partial charge on any atom is -0.338 e. The Morgan fingerprint density at radius 3 is 1.73 bits per heavy atom. The standard InChI is InChI=1S/C20H30BrN11O/c21-12-3-1-11(2-4-12)17(33)29-30-18-26-19(31-7-13(22)5-14(23)8-31)28-20(27-18)32-9-15(24)6-16(25)10-32/h1-4,13-16H,5-10,22-25H2,(H,29,33)(H,26,27,28,30)/t13-,14+,15-,16+. The molecule has 0 bridgehead atoms. The van der Waals surface area contributed by atoms with E-state index in [-0.39, 0.29) is 36.0 Å². The number of carbonyl (C=O) groups excluding carboxylic acids is 1. The van der Waals surface area contributed by atoms with Crippen LogP contribution >= 0.6 is 15.9 Å². The monoisotopic (exact) mass is 519 g/mol. The zero-order valence-electron chi connectivity index (χ0n) is 18.2. The summed E-state index contributed by atoms with van der Waals surface area (Å²) in [6.45, 7) is 2.28. The van der Waals surface area contributed by atoms with Crippen LogP contribution in [0.15, 0.2) is 28.7 Å². The highest BCUT2D eigenvalue weighted by atomic mass is 79.9. The molecule has 33 heavy (non-hydrogen) atoms. The van der Waals surface area contributed by atoms with Crippen LogP contribution in [0.2, 0.25) is 0 Å². The number of amides is 1. The third-order valence-electron chi connectivity index (χ3n) is 5.60. The van der Waals surface area contributed by atoms with Crippen LogP contribution in [0, 0.1) is 0 Å². The van der Waals surface area contributed by atoms with Gasteiger partial charge in [-0.25, -0.2) is 0 Å². The molecule has 0 spiro atoms. The van der Waals surface area contributed by atoms with Crippen LogP contribution in [0.25, 0.3) is 0 Å². The molecule has 0 radical (unpaired) electrons. The fourth-order valence-corrected chi connectivity index (χ4v) is 4.43. The molecule has 0 unspecified atom stereocenters. The Balaban J connectivity index is 1.58. The number of nitrogens with two attached hydrogens (primary N) is 4. The van der Waals surface area contributed by atoms with Gasteiger partial charge in [0.2, 0.25) is 17.8 Å². The quantitative estimate of drug-likeness (QED) is 0.269. The summed E-state index contributed by atoms with van der Waals surface area (Å²) >= 11 is 3.36. The number of aromatic nitrogens is 3. The largest absolute Gasteiger partial charge is 0.338 e. The molecular weight excluding hydrogens is 490 g/mol. The van der Waals surface area contributed by atoms with E-state index in [2.05, 4.69) is 41.7 Å². The van der Waals surface area contributed by atoms with E-state index in [1.807, 2.05) is 9.80 Å². The van der Waals surface area contributed by atoms with Gasteiger partial charge in [0, 0.05) is 60.4 Å². The fourth-order valence-electron chi connectivity index (χ4n) is 4.16. The van der Waals surface area contributed by atoms with Crippen molar-refractivity contribution in [2.45, 2.75) is 37.0 Å². The van der Waals surface area contributed by atoms with Gasteiger partial charge in [-0.3, -0.25) is 15.6 Å². The Kier molecular flexibility index (Phi) is 7.24. The summed E-state index contributed by atoms with van der Waals surface area (Å²) in [5.74, 6) is 0.730. The lowest BCUT2D eigenvalue weighted by Gasteiger charge is -2.36. The van der Waals surface area contributed by atoms with E-state index in [0.717, 1.165) is 17.3 Å². The fraction of sp³-hybridized carbons (Fsp3) is 0.500. The summed E-state index contributed by atoms with van der Waals surface area (Å²) in [6, 6.07) is 6.66. The van der Waals surface area contributed by atoms with Crippen LogP contribution in [0.1, 0.15) is 23.2 Å². The number of anilines is 3. The zero-order valence-corrected chi connectivity index (χ0v) is 19.8. The van der Waals surface area contributed by atoms with Crippen molar-refractivity contribution in [2.75, 3.05) is 41.4 Å². The van der Waals surface area contributed by atoms with Gasteiger partial charge in [-0.15, -0.1) is 0 Å². The molecule has 1 amide bonds. The number of carbonyl (C=O) groups is 1. The number of hydrogen-bond acceptors (Lipinski definition) is 11. The van der Waals surface area contributed by atoms with E-state index in [4.69, 9.17) is 22.9 Å². The summed E-state index contributed by atoms with van der Waals surface area (Å²) in [6.07, 6.45) is 1.47. The number of nitrogens with zero attached hydrogens (tertiary/aromatic N) is 5. The number of hydrazine groups is 1. The molecule has 10 N–H and O–H groups in total. The smallest absolute Gasteiger partial charge is 0.269 e. The zero-order chi connectivity index (χ0) is 23.5. The third-order valence-corrected chi connectivity index (χ3v) is 6.13. The molecule has 0 saturated carbocycles. The molecular formula is C20H30BrN11O. The summed E-state index contributed by atoms with van der Waals surface area (Å²) in [5.41, 5.74) is 30.6. The minimum atomic E-state index is -0.324. The number of benzene rings is 1.